The van der Waals surface area contributed by atoms with Gasteiger partial charge in [-0.05, 0) is 26.9 Å². The van der Waals surface area contributed by atoms with E-state index in [-0.39, 0.29) is 0 Å². The van der Waals surface area contributed by atoms with Crippen molar-refractivity contribution in [3.63, 3.8) is 0 Å². The highest BCUT2D eigenvalue weighted by molar-refractivity contribution is 5.32. The van der Waals surface area contributed by atoms with Gasteiger partial charge in [0.25, 0.3) is 0 Å². The zero-order valence-corrected chi connectivity index (χ0v) is 9.29. The van der Waals surface area contributed by atoms with Crippen molar-refractivity contribution in [1.29, 1.82) is 0 Å². The molecule has 2 aliphatic heterocycles. The molecular weight excluding hydrogens is 190 g/mol. The van der Waals surface area contributed by atoms with Crippen LogP contribution in [0.5, 0.6) is 0 Å². The molecule has 1 aromatic heterocycles. The van der Waals surface area contributed by atoms with Crippen LogP contribution < -0.4 is 5.32 Å². The Morgan fingerprint density at radius 3 is 3.20 bits per heavy atom. The van der Waals surface area contributed by atoms with Crippen LogP contribution in [0.1, 0.15) is 35.9 Å². The van der Waals surface area contributed by atoms with E-state index in [0.717, 1.165) is 24.4 Å². The van der Waals surface area contributed by atoms with E-state index >= 15 is 0 Å². The highest BCUT2D eigenvalue weighted by Crippen LogP contribution is 2.43. The predicted molar refractivity (Wildman–Crippen MR) is 56.5 cm³/mol. The largest absolute Gasteiger partial charge is 0.361 e. The van der Waals surface area contributed by atoms with E-state index in [1.807, 2.05) is 7.05 Å². The number of hydrogen-bond acceptors (Lipinski definition) is 4. The van der Waals surface area contributed by atoms with Gasteiger partial charge in [0.2, 0.25) is 0 Å². The molecule has 0 saturated carbocycles. The van der Waals surface area contributed by atoms with Gasteiger partial charge in [-0.1, -0.05) is 5.16 Å². The molecule has 4 nitrogen and oxygen atoms in total. The predicted octanol–water partition coefficient (Wildman–Crippen LogP) is 1.09. The van der Waals surface area contributed by atoms with Gasteiger partial charge < -0.3 is 9.84 Å². The molecule has 0 amide bonds. The molecule has 2 bridgehead atoms. The molecule has 2 unspecified atom stereocenters. The van der Waals surface area contributed by atoms with E-state index in [0.29, 0.717) is 12.1 Å². The summed E-state index contributed by atoms with van der Waals surface area (Å²) >= 11 is 0. The van der Waals surface area contributed by atoms with Gasteiger partial charge in [-0.2, -0.15) is 0 Å². The van der Waals surface area contributed by atoms with E-state index in [1.165, 1.54) is 18.4 Å². The van der Waals surface area contributed by atoms with Crippen molar-refractivity contribution in [3.8, 4) is 0 Å². The van der Waals surface area contributed by atoms with Crippen molar-refractivity contribution in [2.75, 3.05) is 14.1 Å². The molecule has 1 aromatic rings. The van der Waals surface area contributed by atoms with Gasteiger partial charge in [-0.3, -0.25) is 4.90 Å². The maximum Gasteiger partial charge on any atom is 0.143 e. The third kappa shape index (κ3) is 1.25. The van der Waals surface area contributed by atoms with Crippen molar-refractivity contribution in [1.82, 2.24) is 15.4 Å². The third-order valence-corrected chi connectivity index (χ3v) is 3.82. The lowest BCUT2D eigenvalue weighted by Gasteiger charge is -2.30. The summed E-state index contributed by atoms with van der Waals surface area (Å²) in [5.74, 6) is 1.13. The van der Waals surface area contributed by atoms with E-state index in [1.54, 1.807) is 0 Å². The fourth-order valence-electron chi connectivity index (χ4n) is 3.01. The van der Waals surface area contributed by atoms with Crippen molar-refractivity contribution >= 4 is 0 Å². The first kappa shape index (κ1) is 9.36. The molecule has 2 aliphatic rings. The fourth-order valence-corrected chi connectivity index (χ4v) is 3.01. The Balaban J connectivity index is 2.02. The summed E-state index contributed by atoms with van der Waals surface area (Å²) in [6, 6.07) is 1.23. The molecule has 0 aromatic carbocycles. The van der Waals surface area contributed by atoms with E-state index in [2.05, 4.69) is 22.4 Å². The van der Waals surface area contributed by atoms with Crippen LogP contribution in [-0.2, 0) is 13.0 Å². The molecule has 2 atom stereocenters. The van der Waals surface area contributed by atoms with Crippen LogP contribution in [0.3, 0.4) is 0 Å². The minimum atomic E-state index is 0.549. The summed E-state index contributed by atoms with van der Waals surface area (Å²) < 4.78 is 5.45. The van der Waals surface area contributed by atoms with Gasteiger partial charge in [0.05, 0.1) is 0 Å². The van der Waals surface area contributed by atoms with Gasteiger partial charge in [-0.15, -0.1) is 0 Å². The van der Waals surface area contributed by atoms with Crippen LogP contribution in [-0.4, -0.2) is 30.2 Å². The SMILES string of the molecule is CNCc1noc2c1C1CCC(C2)N1C. The summed E-state index contributed by atoms with van der Waals surface area (Å²) in [6.07, 6.45) is 3.59. The lowest BCUT2D eigenvalue weighted by molar-refractivity contribution is 0.206. The molecule has 82 valence electrons. The van der Waals surface area contributed by atoms with E-state index < -0.39 is 0 Å². The second-order valence-electron chi connectivity index (χ2n) is 4.61. The van der Waals surface area contributed by atoms with Crippen LogP contribution in [0.25, 0.3) is 0 Å². The zero-order chi connectivity index (χ0) is 10.4. The Morgan fingerprint density at radius 2 is 2.40 bits per heavy atom. The summed E-state index contributed by atoms with van der Waals surface area (Å²) in [5.41, 5.74) is 2.46. The lowest BCUT2D eigenvalue weighted by atomic mass is 9.99. The van der Waals surface area contributed by atoms with Crippen LogP contribution in [0, 0.1) is 0 Å². The molecule has 15 heavy (non-hydrogen) atoms. The van der Waals surface area contributed by atoms with Crippen LogP contribution in [0.2, 0.25) is 0 Å². The first-order chi connectivity index (χ1) is 7.31. The van der Waals surface area contributed by atoms with Crippen LogP contribution >= 0.6 is 0 Å². The summed E-state index contributed by atoms with van der Waals surface area (Å²) in [4.78, 5) is 2.48. The minimum absolute atomic E-state index is 0.549. The molecule has 1 N–H and O–H groups in total. The molecule has 3 heterocycles. The first-order valence-electron chi connectivity index (χ1n) is 5.65. The maximum atomic E-state index is 5.45. The molecule has 0 radical (unpaired) electrons. The van der Waals surface area contributed by atoms with Crippen LogP contribution in [0.4, 0.5) is 0 Å². The monoisotopic (exact) mass is 207 g/mol. The Labute approximate surface area is 89.6 Å². The van der Waals surface area contributed by atoms with Crippen molar-refractivity contribution in [2.45, 2.75) is 37.9 Å². The number of likely N-dealkylation sites (N-methyl/N-ethyl adjacent to an activating group) is 1. The van der Waals surface area contributed by atoms with Gasteiger partial charge >= 0.3 is 0 Å². The minimum Gasteiger partial charge on any atom is -0.361 e. The van der Waals surface area contributed by atoms with Crippen molar-refractivity contribution in [3.05, 3.63) is 17.0 Å². The molecule has 3 rings (SSSR count). The van der Waals surface area contributed by atoms with Gasteiger partial charge in [0, 0.05) is 30.6 Å². The van der Waals surface area contributed by atoms with E-state index in [9.17, 15) is 0 Å². The Kier molecular flexibility index (Phi) is 2.07. The molecule has 4 heteroatoms. The molecular formula is C11H17N3O. The smallest absolute Gasteiger partial charge is 0.143 e. The zero-order valence-electron chi connectivity index (χ0n) is 9.29. The van der Waals surface area contributed by atoms with Crippen molar-refractivity contribution < 1.29 is 4.52 Å². The number of aromatic nitrogens is 1. The van der Waals surface area contributed by atoms with Crippen molar-refractivity contribution in [2.24, 2.45) is 0 Å². The van der Waals surface area contributed by atoms with Gasteiger partial charge in [-0.25, -0.2) is 0 Å². The highest BCUT2D eigenvalue weighted by Gasteiger charge is 2.41. The summed E-state index contributed by atoms with van der Waals surface area (Å²) in [6.45, 7) is 0.813. The number of hydrogen-bond donors (Lipinski definition) is 1. The Bertz CT molecular complexity index is 374. The average Bonchev–Trinajstić information content (AvgIpc) is 2.71. The molecule has 0 spiro atoms. The number of nitrogens with one attached hydrogen (secondary N) is 1. The fraction of sp³-hybridized carbons (Fsp3) is 0.727. The standard InChI is InChI=1S/C11H17N3O/c1-12-6-8-11-9-4-3-7(14(9)2)5-10(11)15-13-8/h7,9,12H,3-6H2,1-2H3. The van der Waals surface area contributed by atoms with Crippen LogP contribution in [0.15, 0.2) is 4.52 Å². The lowest BCUT2D eigenvalue weighted by Crippen LogP contribution is -2.34. The maximum absolute atomic E-state index is 5.45. The average molecular weight is 207 g/mol. The Hall–Kier alpha value is -0.870. The van der Waals surface area contributed by atoms with E-state index in [4.69, 9.17) is 4.52 Å². The summed E-state index contributed by atoms with van der Waals surface area (Å²) in [5, 5.41) is 7.33. The van der Waals surface area contributed by atoms with Gasteiger partial charge in [0.15, 0.2) is 0 Å². The molecule has 0 aliphatic carbocycles. The number of fused-ring (bicyclic) bond motifs is 4. The molecule has 1 fully saturated rings. The van der Waals surface area contributed by atoms with Gasteiger partial charge in [0.1, 0.15) is 11.5 Å². The highest BCUT2D eigenvalue weighted by atomic mass is 16.5. The normalized spacial score (nSPS) is 29.5. The summed E-state index contributed by atoms with van der Waals surface area (Å²) in [7, 11) is 4.17. The number of nitrogens with zero attached hydrogens (tertiary/aromatic N) is 2. The second kappa shape index (κ2) is 3.32. The Morgan fingerprint density at radius 1 is 1.53 bits per heavy atom. The third-order valence-electron chi connectivity index (χ3n) is 3.82. The second-order valence-corrected chi connectivity index (χ2v) is 4.61. The topological polar surface area (TPSA) is 41.3 Å². The number of rotatable bonds is 2. The quantitative estimate of drug-likeness (QED) is 0.788. The first-order valence-corrected chi connectivity index (χ1v) is 5.65. The molecule has 1 saturated heterocycles.